The molecule has 0 saturated carbocycles. The maximum absolute atomic E-state index is 12.6. The largest absolute Gasteiger partial charge is 0.497 e. The van der Waals surface area contributed by atoms with Crippen LogP contribution in [0.1, 0.15) is 34.3 Å². The molecule has 3 aromatic rings. The van der Waals surface area contributed by atoms with Crippen LogP contribution in [-0.2, 0) is 11.3 Å². The molecule has 0 aliphatic carbocycles. The Morgan fingerprint density at radius 2 is 1.46 bits per heavy atom. The van der Waals surface area contributed by atoms with Crippen molar-refractivity contribution in [2.75, 3.05) is 26.8 Å². The average molecular weight is 493 g/mol. The van der Waals surface area contributed by atoms with E-state index in [1.54, 1.807) is 55.6 Å². The molecule has 1 amide bonds. The highest BCUT2D eigenvalue weighted by molar-refractivity contribution is 6.30. The summed E-state index contributed by atoms with van der Waals surface area (Å²) >= 11 is 5.88. The van der Waals surface area contributed by atoms with E-state index in [1.165, 1.54) is 5.56 Å². The van der Waals surface area contributed by atoms with Crippen LogP contribution in [0, 0.1) is 0 Å². The van der Waals surface area contributed by atoms with Gasteiger partial charge in [-0.1, -0.05) is 23.7 Å². The zero-order valence-electron chi connectivity index (χ0n) is 19.7. The number of carbonyl (C=O) groups is 2. The molecule has 1 saturated heterocycles. The van der Waals surface area contributed by atoms with Crippen LogP contribution in [0.25, 0.3) is 0 Å². The Balaban J connectivity index is 1.18. The van der Waals surface area contributed by atoms with Crippen molar-refractivity contribution in [3.63, 3.8) is 0 Å². The summed E-state index contributed by atoms with van der Waals surface area (Å²) in [5.74, 6) is 1.17. The summed E-state index contributed by atoms with van der Waals surface area (Å²) in [6.45, 7) is 2.70. The lowest BCUT2D eigenvalue weighted by Crippen LogP contribution is -2.45. The van der Waals surface area contributed by atoms with E-state index in [1.807, 2.05) is 12.1 Å². The minimum Gasteiger partial charge on any atom is -0.497 e. The Labute approximate surface area is 210 Å². The van der Waals surface area contributed by atoms with Crippen molar-refractivity contribution in [3.8, 4) is 11.5 Å². The summed E-state index contributed by atoms with van der Waals surface area (Å²) < 4.78 is 10.8. The van der Waals surface area contributed by atoms with Gasteiger partial charge < -0.3 is 14.8 Å². The van der Waals surface area contributed by atoms with Crippen LogP contribution in [0.5, 0.6) is 11.5 Å². The van der Waals surface area contributed by atoms with Gasteiger partial charge in [0.2, 0.25) is 0 Å². The Hall–Kier alpha value is -3.35. The van der Waals surface area contributed by atoms with Gasteiger partial charge in [0.1, 0.15) is 11.5 Å². The highest BCUT2D eigenvalue weighted by atomic mass is 35.5. The van der Waals surface area contributed by atoms with Gasteiger partial charge in [0.25, 0.3) is 5.91 Å². The second kappa shape index (κ2) is 11.9. The molecular weight excluding hydrogens is 464 g/mol. The number of piperidine rings is 1. The molecule has 1 aliphatic heterocycles. The maximum atomic E-state index is 12.6. The first-order valence-electron chi connectivity index (χ1n) is 11.7. The topological polar surface area (TPSA) is 67.9 Å². The molecule has 0 bridgehead atoms. The molecule has 7 heteroatoms. The Kier molecular flexibility index (Phi) is 8.40. The standard InChI is InChI=1S/C28H29ClN2O4/c1-34-25-10-2-20(3-11-25)18-31-16-14-24(15-17-31)30-27(32)19-35-26-12-6-22(7-13-26)28(33)21-4-8-23(29)9-5-21/h2-13,24H,14-19H2,1H3,(H,30,32). The van der Waals surface area contributed by atoms with E-state index in [9.17, 15) is 9.59 Å². The highest BCUT2D eigenvalue weighted by Gasteiger charge is 2.21. The number of nitrogens with zero attached hydrogens (tertiary/aromatic N) is 1. The lowest BCUT2D eigenvalue weighted by molar-refractivity contribution is -0.124. The maximum Gasteiger partial charge on any atom is 0.258 e. The molecule has 1 fully saturated rings. The molecule has 0 aromatic heterocycles. The van der Waals surface area contributed by atoms with Gasteiger partial charge in [0.05, 0.1) is 7.11 Å². The van der Waals surface area contributed by atoms with Crippen molar-refractivity contribution < 1.29 is 19.1 Å². The molecule has 182 valence electrons. The van der Waals surface area contributed by atoms with Gasteiger partial charge in [0.15, 0.2) is 12.4 Å². The van der Waals surface area contributed by atoms with Gasteiger partial charge in [-0.15, -0.1) is 0 Å². The lowest BCUT2D eigenvalue weighted by Gasteiger charge is -2.32. The first kappa shape index (κ1) is 24.8. The summed E-state index contributed by atoms with van der Waals surface area (Å²) in [7, 11) is 1.67. The molecule has 1 N–H and O–H groups in total. The number of carbonyl (C=O) groups excluding carboxylic acids is 2. The fourth-order valence-electron chi connectivity index (χ4n) is 4.11. The van der Waals surface area contributed by atoms with Gasteiger partial charge in [-0.2, -0.15) is 0 Å². The van der Waals surface area contributed by atoms with Gasteiger partial charge in [-0.25, -0.2) is 0 Å². The van der Waals surface area contributed by atoms with Crippen LogP contribution in [0.4, 0.5) is 0 Å². The van der Waals surface area contributed by atoms with E-state index in [2.05, 4.69) is 22.3 Å². The first-order chi connectivity index (χ1) is 17.0. The van der Waals surface area contributed by atoms with Crippen molar-refractivity contribution in [3.05, 3.63) is 94.5 Å². The second-order valence-electron chi connectivity index (χ2n) is 8.62. The van der Waals surface area contributed by atoms with Crippen LogP contribution in [0.2, 0.25) is 5.02 Å². The number of likely N-dealkylation sites (tertiary alicyclic amines) is 1. The fraction of sp³-hybridized carbons (Fsp3) is 0.286. The van der Waals surface area contributed by atoms with E-state index >= 15 is 0 Å². The molecule has 0 unspecified atom stereocenters. The number of halogens is 1. The van der Waals surface area contributed by atoms with Crippen molar-refractivity contribution in [2.45, 2.75) is 25.4 Å². The molecule has 0 atom stereocenters. The monoisotopic (exact) mass is 492 g/mol. The van der Waals surface area contributed by atoms with E-state index in [4.69, 9.17) is 21.1 Å². The number of benzene rings is 3. The van der Waals surface area contributed by atoms with Crippen LogP contribution in [0.3, 0.4) is 0 Å². The molecule has 6 nitrogen and oxygen atoms in total. The predicted octanol–water partition coefficient (Wildman–Crippen LogP) is 4.74. The summed E-state index contributed by atoms with van der Waals surface area (Å²) in [5.41, 5.74) is 2.37. The third-order valence-corrected chi connectivity index (χ3v) is 6.36. The highest BCUT2D eigenvalue weighted by Crippen LogP contribution is 2.18. The average Bonchev–Trinajstić information content (AvgIpc) is 2.89. The van der Waals surface area contributed by atoms with Gasteiger partial charge >= 0.3 is 0 Å². The molecule has 3 aromatic carbocycles. The number of nitrogens with one attached hydrogen (secondary N) is 1. The quantitative estimate of drug-likeness (QED) is 0.437. The van der Waals surface area contributed by atoms with E-state index < -0.39 is 0 Å². The number of hydrogen-bond donors (Lipinski definition) is 1. The van der Waals surface area contributed by atoms with Crippen molar-refractivity contribution in [1.29, 1.82) is 0 Å². The Morgan fingerprint density at radius 1 is 0.886 bits per heavy atom. The lowest BCUT2D eigenvalue weighted by atomic mass is 10.0. The van der Waals surface area contributed by atoms with Gasteiger partial charge in [0, 0.05) is 41.8 Å². The smallest absolute Gasteiger partial charge is 0.258 e. The normalized spacial score (nSPS) is 14.3. The minimum absolute atomic E-state index is 0.0590. The Morgan fingerprint density at radius 3 is 2.06 bits per heavy atom. The first-order valence-corrected chi connectivity index (χ1v) is 12.1. The van der Waals surface area contributed by atoms with Crippen LogP contribution >= 0.6 is 11.6 Å². The summed E-state index contributed by atoms with van der Waals surface area (Å²) in [5, 5.41) is 3.66. The molecule has 1 aliphatic rings. The van der Waals surface area contributed by atoms with Crippen molar-refractivity contribution >= 4 is 23.3 Å². The molecule has 4 rings (SSSR count). The third kappa shape index (κ3) is 7.07. The number of amides is 1. The third-order valence-electron chi connectivity index (χ3n) is 6.11. The SMILES string of the molecule is COc1ccc(CN2CCC(NC(=O)COc3ccc(C(=O)c4ccc(Cl)cc4)cc3)CC2)cc1. The van der Waals surface area contributed by atoms with Gasteiger partial charge in [-0.3, -0.25) is 14.5 Å². The molecule has 35 heavy (non-hydrogen) atoms. The van der Waals surface area contributed by atoms with E-state index in [0.29, 0.717) is 21.9 Å². The Bertz CT molecular complexity index is 1120. The molecule has 0 radical (unpaired) electrons. The van der Waals surface area contributed by atoms with Crippen molar-refractivity contribution in [1.82, 2.24) is 10.2 Å². The molecule has 0 spiro atoms. The molecule has 1 heterocycles. The minimum atomic E-state index is -0.139. The molecular formula is C28H29ClN2O4. The fourth-order valence-corrected chi connectivity index (χ4v) is 4.24. The number of rotatable bonds is 9. The zero-order valence-corrected chi connectivity index (χ0v) is 20.5. The summed E-state index contributed by atoms with van der Waals surface area (Å²) in [6.07, 6.45) is 1.81. The van der Waals surface area contributed by atoms with Crippen LogP contribution < -0.4 is 14.8 Å². The zero-order chi connectivity index (χ0) is 24.6. The van der Waals surface area contributed by atoms with Crippen molar-refractivity contribution in [2.24, 2.45) is 0 Å². The number of hydrogen-bond acceptors (Lipinski definition) is 5. The number of methoxy groups -OCH3 is 1. The van der Waals surface area contributed by atoms with Crippen LogP contribution in [-0.4, -0.2) is 49.4 Å². The van der Waals surface area contributed by atoms with E-state index in [-0.39, 0.29) is 24.3 Å². The summed E-state index contributed by atoms with van der Waals surface area (Å²) in [4.78, 5) is 27.3. The van der Waals surface area contributed by atoms with Gasteiger partial charge in [-0.05, 0) is 79.1 Å². The number of ether oxygens (including phenoxy) is 2. The summed E-state index contributed by atoms with van der Waals surface area (Å²) in [6, 6.07) is 21.9. The van der Waals surface area contributed by atoms with E-state index in [0.717, 1.165) is 38.2 Å². The second-order valence-corrected chi connectivity index (χ2v) is 9.05. The van der Waals surface area contributed by atoms with Crippen LogP contribution in [0.15, 0.2) is 72.8 Å². The predicted molar refractivity (Wildman–Crippen MR) is 136 cm³/mol. The number of ketones is 1.